The van der Waals surface area contributed by atoms with Crippen molar-refractivity contribution in [3.05, 3.63) is 48.0 Å². The summed E-state index contributed by atoms with van der Waals surface area (Å²) in [6, 6.07) is 12.8. The van der Waals surface area contributed by atoms with E-state index in [0.29, 0.717) is 30.4 Å². The number of hydrogen-bond acceptors (Lipinski definition) is 4. The minimum Gasteiger partial charge on any atom is -0.490 e. The maximum absolute atomic E-state index is 12.4. The maximum Gasteiger partial charge on any atom is 0.232 e. The van der Waals surface area contributed by atoms with Crippen molar-refractivity contribution in [3.8, 4) is 11.5 Å². The highest BCUT2D eigenvalue weighted by atomic mass is 16.5. The van der Waals surface area contributed by atoms with E-state index in [1.54, 1.807) is 18.2 Å². The maximum atomic E-state index is 12.4. The van der Waals surface area contributed by atoms with Gasteiger partial charge in [-0.3, -0.25) is 9.59 Å². The second-order valence-corrected chi connectivity index (χ2v) is 6.09. The number of benzene rings is 2. The molecule has 128 valence electrons. The Morgan fingerprint density at radius 2 is 1.92 bits per heavy atom. The van der Waals surface area contributed by atoms with E-state index in [1.165, 1.54) is 0 Å². The molecule has 2 aliphatic rings. The number of ether oxygens (including phenoxy) is 2. The zero-order valence-electron chi connectivity index (χ0n) is 13.6. The van der Waals surface area contributed by atoms with Crippen LogP contribution in [0.5, 0.6) is 11.5 Å². The largest absolute Gasteiger partial charge is 0.490 e. The van der Waals surface area contributed by atoms with Crippen LogP contribution in [0.2, 0.25) is 0 Å². The van der Waals surface area contributed by atoms with Crippen LogP contribution in [0.25, 0.3) is 0 Å². The van der Waals surface area contributed by atoms with Gasteiger partial charge in [0.2, 0.25) is 11.8 Å². The van der Waals surface area contributed by atoms with Crippen molar-refractivity contribution in [2.24, 2.45) is 0 Å². The van der Waals surface area contributed by atoms with Gasteiger partial charge in [0.05, 0.1) is 19.1 Å². The van der Waals surface area contributed by atoms with E-state index < -0.39 is 5.92 Å². The first-order valence-corrected chi connectivity index (χ1v) is 8.30. The molecular formula is C19H18N2O4. The van der Waals surface area contributed by atoms with Crippen molar-refractivity contribution in [2.45, 2.75) is 18.8 Å². The summed E-state index contributed by atoms with van der Waals surface area (Å²) in [5, 5.41) is 5.65. The summed E-state index contributed by atoms with van der Waals surface area (Å²) in [6.45, 7) is 1.21. The summed E-state index contributed by atoms with van der Waals surface area (Å²) < 4.78 is 11.2. The fourth-order valence-electron chi connectivity index (χ4n) is 3.12. The second kappa shape index (κ2) is 6.47. The minimum absolute atomic E-state index is 0.0945. The van der Waals surface area contributed by atoms with Crippen LogP contribution >= 0.6 is 0 Å². The highest BCUT2D eigenvalue weighted by Gasteiger charge is 2.31. The molecule has 2 aromatic rings. The lowest BCUT2D eigenvalue weighted by Gasteiger charge is -2.12. The van der Waals surface area contributed by atoms with E-state index in [0.717, 1.165) is 17.7 Å². The molecule has 2 aromatic carbocycles. The Morgan fingerprint density at radius 1 is 1.12 bits per heavy atom. The number of anilines is 2. The zero-order valence-corrected chi connectivity index (χ0v) is 13.6. The summed E-state index contributed by atoms with van der Waals surface area (Å²) in [5.74, 6) is 0.483. The first-order chi connectivity index (χ1) is 12.2. The summed E-state index contributed by atoms with van der Waals surface area (Å²) in [4.78, 5) is 24.5. The molecule has 0 fully saturated rings. The van der Waals surface area contributed by atoms with Gasteiger partial charge in [0.25, 0.3) is 0 Å². The van der Waals surface area contributed by atoms with Crippen LogP contribution in [0.4, 0.5) is 11.4 Å². The Morgan fingerprint density at radius 3 is 2.80 bits per heavy atom. The number of carbonyl (C=O) groups excluding carboxylic acids is 2. The molecule has 0 saturated heterocycles. The van der Waals surface area contributed by atoms with Crippen molar-refractivity contribution in [3.63, 3.8) is 0 Å². The van der Waals surface area contributed by atoms with Gasteiger partial charge in [-0.1, -0.05) is 18.2 Å². The molecule has 4 rings (SSSR count). The number of amides is 2. The Hall–Kier alpha value is -3.02. The van der Waals surface area contributed by atoms with Gasteiger partial charge in [-0.15, -0.1) is 0 Å². The van der Waals surface area contributed by atoms with Gasteiger partial charge in [-0.25, -0.2) is 0 Å². The molecule has 2 amide bonds. The minimum atomic E-state index is -0.461. The van der Waals surface area contributed by atoms with Crippen LogP contribution in [0.1, 0.15) is 24.3 Å². The summed E-state index contributed by atoms with van der Waals surface area (Å²) in [7, 11) is 0. The zero-order chi connectivity index (χ0) is 17.2. The highest BCUT2D eigenvalue weighted by Crippen LogP contribution is 2.35. The molecule has 1 atom stereocenters. The topological polar surface area (TPSA) is 76.7 Å². The number of carbonyl (C=O) groups is 2. The van der Waals surface area contributed by atoms with E-state index >= 15 is 0 Å². The van der Waals surface area contributed by atoms with Gasteiger partial charge >= 0.3 is 0 Å². The molecule has 0 spiro atoms. The summed E-state index contributed by atoms with van der Waals surface area (Å²) >= 11 is 0. The van der Waals surface area contributed by atoms with Gasteiger partial charge in [0.1, 0.15) is 0 Å². The second-order valence-electron chi connectivity index (χ2n) is 6.09. The Labute approximate surface area is 145 Å². The van der Waals surface area contributed by atoms with Crippen molar-refractivity contribution in [1.29, 1.82) is 0 Å². The van der Waals surface area contributed by atoms with Crippen molar-refractivity contribution >= 4 is 23.2 Å². The van der Waals surface area contributed by atoms with Gasteiger partial charge in [-0.2, -0.15) is 0 Å². The number of hydrogen-bond donors (Lipinski definition) is 2. The van der Waals surface area contributed by atoms with Crippen LogP contribution in [0.15, 0.2) is 42.5 Å². The molecule has 0 radical (unpaired) electrons. The van der Waals surface area contributed by atoms with Gasteiger partial charge in [0, 0.05) is 30.3 Å². The summed E-state index contributed by atoms with van der Waals surface area (Å²) in [5.41, 5.74) is 2.27. The van der Waals surface area contributed by atoms with Crippen LogP contribution < -0.4 is 20.1 Å². The number of fused-ring (bicyclic) bond motifs is 2. The van der Waals surface area contributed by atoms with E-state index in [-0.39, 0.29) is 18.2 Å². The fourth-order valence-corrected chi connectivity index (χ4v) is 3.12. The first kappa shape index (κ1) is 15.5. The van der Waals surface area contributed by atoms with E-state index in [2.05, 4.69) is 10.6 Å². The average Bonchev–Trinajstić information content (AvgIpc) is 2.78. The Bertz CT molecular complexity index is 834. The monoisotopic (exact) mass is 338 g/mol. The molecule has 0 aliphatic carbocycles. The Kier molecular flexibility index (Phi) is 4.01. The molecule has 1 unspecified atom stereocenters. The van der Waals surface area contributed by atoms with Crippen molar-refractivity contribution < 1.29 is 19.1 Å². The average molecular weight is 338 g/mol. The standard InChI is InChI=1S/C19H18N2O4/c22-18(11-14-13-4-1-2-5-15(13)21-19(14)23)20-12-6-7-16-17(10-12)25-9-3-8-24-16/h1-2,4-7,10,14H,3,8-9,11H2,(H,20,22)(H,21,23). The smallest absolute Gasteiger partial charge is 0.232 e. The van der Waals surface area contributed by atoms with E-state index in [9.17, 15) is 9.59 Å². The Balaban J connectivity index is 1.46. The highest BCUT2D eigenvalue weighted by molar-refractivity contribution is 6.06. The molecule has 6 nitrogen and oxygen atoms in total. The van der Waals surface area contributed by atoms with Gasteiger partial charge in [0.15, 0.2) is 11.5 Å². The third-order valence-corrected chi connectivity index (χ3v) is 4.33. The normalized spacial score (nSPS) is 18.1. The molecule has 2 aliphatic heterocycles. The van der Waals surface area contributed by atoms with Crippen molar-refractivity contribution in [1.82, 2.24) is 0 Å². The molecule has 6 heteroatoms. The number of para-hydroxylation sites is 1. The van der Waals surface area contributed by atoms with Crippen molar-refractivity contribution in [2.75, 3.05) is 23.8 Å². The van der Waals surface area contributed by atoms with Gasteiger partial charge in [-0.05, 0) is 23.8 Å². The molecule has 2 N–H and O–H groups in total. The van der Waals surface area contributed by atoms with E-state index in [1.807, 2.05) is 24.3 Å². The predicted octanol–water partition coefficient (Wildman–Crippen LogP) is 2.91. The number of nitrogens with one attached hydrogen (secondary N) is 2. The number of rotatable bonds is 3. The van der Waals surface area contributed by atoms with Gasteiger partial charge < -0.3 is 20.1 Å². The first-order valence-electron chi connectivity index (χ1n) is 8.30. The molecule has 0 saturated carbocycles. The molecule has 25 heavy (non-hydrogen) atoms. The fraction of sp³-hybridized carbons (Fsp3) is 0.263. The van der Waals surface area contributed by atoms with E-state index in [4.69, 9.17) is 9.47 Å². The lowest BCUT2D eigenvalue weighted by atomic mass is 9.97. The molecular weight excluding hydrogens is 320 g/mol. The lowest BCUT2D eigenvalue weighted by molar-refractivity contribution is -0.122. The molecule has 0 bridgehead atoms. The summed E-state index contributed by atoms with van der Waals surface area (Å²) in [6.07, 6.45) is 0.920. The predicted molar refractivity (Wildman–Crippen MR) is 93.1 cm³/mol. The van der Waals surface area contributed by atoms with Crippen LogP contribution in [0.3, 0.4) is 0 Å². The van der Waals surface area contributed by atoms with Crippen LogP contribution in [0, 0.1) is 0 Å². The quantitative estimate of drug-likeness (QED) is 0.902. The third kappa shape index (κ3) is 3.15. The van der Waals surface area contributed by atoms with Crippen LogP contribution in [-0.2, 0) is 9.59 Å². The SMILES string of the molecule is O=C(CC1C(=O)Nc2ccccc21)Nc1ccc2c(c1)OCCCO2. The molecule has 0 aromatic heterocycles. The third-order valence-electron chi connectivity index (χ3n) is 4.33. The lowest BCUT2D eigenvalue weighted by Crippen LogP contribution is -2.20. The molecule has 2 heterocycles. The van der Waals surface area contributed by atoms with Crippen LogP contribution in [-0.4, -0.2) is 25.0 Å².